The van der Waals surface area contributed by atoms with Crippen molar-refractivity contribution in [1.29, 1.82) is 0 Å². The van der Waals surface area contributed by atoms with Crippen molar-refractivity contribution in [3.63, 3.8) is 0 Å². The minimum atomic E-state index is 0.0481. The number of fused-ring (bicyclic) bond motifs is 1. The highest BCUT2D eigenvalue weighted by molar-refractivity contribution is 7.99. The molecule has 0 spiro atoms. The summed E-state index contributed by atoms with van der Waals surface area (Å²) in [5, 5.41) is 0. The van der Waals surface area contributed by atoms with E-state index in [1.807, 2.05) is 31.2 Å². The number of carbonyl (C=O) groups is 1. The van der Waals surface area contributed by atoms with Crippen LogP contribution in [0.15, 0.2) is 35.5 Å². The fraction of sp³-hybridized carbons (Fsp3) is 0.286. The van der Waals surface area contributed by atoms with Gasteiger partial charge in [-0.2, -0.15) is 0 Å². The predicted octanol–water partition coefficient (Wildman–Crippen LogP) is 2.87. The van der Waals surface area contributed by atoms with Crippen LogP contribution in [0.3, 0.4) is 0 Å². The van der Waals surface area contributed by atoms with Crippen LogP contribution in [0, 0.1) is 12.8 Å². The molecule has 0 radical (unpaired) electrons. The number of Topliss-reactive ketones (excluding diaryl/α,β-unsaturated/α-hetero) is 1. The fourth-order valence-corrected chi connectivity index (χ4v) is 3.41. The number of aromatic nitrogens is 2. The Hall–Kier alpha value is -1.55. The number of H-pyrrole nitrogens is 1. The first kappa shape index (κ1) is 11.5. The second-order valence-electron chi connectivity index (χ2n) is 4.55. The van der Waals surface area contributed by atoms with Crippen molar-refractivity contribution >= 4 is 17.5 Å². The molecule has 1 aromatic carbocycles. The molecule has 3 nitrogen and oxygen atoms in total. The molecule has 4 heteroatoms. The number of carbonyl (C=O) groups excluding carboxylic acids is 1. The van der Waals surface area contributed by atoms with Crippen LogP contribution in [0.4, 0.5) is 0 Å². The van der Waals surface area contributed by atoms with E-state index in [-0.39, 0.29) is 11.7 Å². The molecule has 3 rings (SSSR count). The largest absolute Gasteiger partial charge is 0.348 e. The Morgan fingerprint density at radius 3 is 3.06 bits per heavy atom. The number of ketones is 1. The van der Waals surface area contributed by atoms with Crippen LogP contribution in [0.2, 0.25) is 0 Å². The van der Waals surface area contributed by atoms with E-state index in [4.69, 9.17) is 0 Å². The Balaban J connectivity index is 1.85. The molecule has 18 heavy (non-hydrogen) atoms. The summed E-state index contributed by atoms with van der Waals surface area (Å²) < 4.78 is 0. The van der Waals surface area contributed by atoms with Crippen LogP contribution in [0.25, 0.3) is 0 Å². The minimum absolute atomic E-state index is 0.0481. The van der Waals surface area contributed by atoms with Gasteiger partial charge in [0.2, 0.25) is 0 Å². The van der Waals surface area contributed by atoms with Crippen molar-refractivity contribution in [1.82, 2.24) is 9.97 Å². The van der Waals surface area contributed by atoms with Gasteiger partial charge in [0.25, 0.3) is 0 Å². The summed E-state index contributed by atoms with van der Waals surface area (Å²) in [6.07, 6.45) is 2.43. The summed E-state index contributed by atoms with van der Waals surface area (Å²) in [5.74, 6) is 1.15. The molecule has 2 heterocycles. The van der Waals surface area contributed by atoms with Gasteiger partial charge in [-0.3, -0.25) is 4.79 Å². The Morgan fingerprint density at radius 1 is 1.44 bits per heavy atom. The van der Waals surface area contributed by atoms with E-state index in [1.165, 1.54) is 0 Å². The molecule has 1 N–H and O–H groups in total. The van der Waals surface area contributed by atoms with E-state index in [0.29, 0.717) is 0 Å². The van der Waals surface area contributed by atoms with Crippen molar-refractivity contribution in [3.8, 4) is 0 Å². The van der Waals surface area contributed by atoms with Crippen LogP contribution < -0.4 is 0 Å². The lowest BCUT2D eigenvalue weighted by Gasteiger charge is -2.22. The monoisotopic (exact) mass is 258 g/mol. The molecule has 0 saturated heterocycles. The summed E-state index contributed by atoms with van der Waals surface area (Å²) in [6, 6.07) is 7.86. The number of aromatic amines is 1. The molecule has 1 unspecified atom stereocenters. The Kier molecular flexibility index (Phi) is 2.96. The SMILES string of the molecule is Cc1[nH]cnc1CC1CSc2ccccc2C1=O. The summed E-state index contributed by atoms with van der Waals surface area (Å²) >= 11 is 1.77. The standard InChI is InChI=1S/C14H14N2OS/c1-9-12(16-8-15-9)6-10-7-18-13-5-3-2-4-11(13)14(10)17/h2-5,8,10H,6-7H2,1H3,(H,15,16). The first-order chi connectivity index (χ1) is 8.75. The molecule has 0 fully saturated rings. The lowest BCUT2D eigenvalue weighted by atomic mass is 9.94. The maximum atomic E-state index is 12.4. The number of rotatable bonds is 2. The van der Waals surface area contributed by atoms with E-state index < -0.39 is 0 Å². The molecule has 1 atom stereocenters. The van der Waals surface area contributed by atoms with Gasteiger partial charge >= 0.3 is 0 Å². The first-order valence-corrected chi connectivity index (χ1v) is 6.99. The Morgan fingerprint density at radius 2 is 2.28 bits per heavy atom. The number of nitrogens with zero attached hydrogens (tertiary/aromatic N) is 1. The average molecular weight is 258 g/mol. The van der Waals surface area contributed by atoms with Crippen molar-refractivity contribution in [2.24, 2.45) is 5.92 Å². The molecule has 0 bridgehead atoms. The van der Waals surface area contributed by atoms with Crippen LogP contribution in [0.1, 0.15) is 21.7 Å². The Bertz CT molecular complexity index is 591. The van der Waals surface area contributed by atoms with Gasteiger partial charge in [-0.05, 0) is 13.0 Å². The van der Waals surface area contributed by atoms with Gasteiger partial charge < -0.3 is 4.98 Å². The zero-order valence-corrected chi connectivity index (χ0v) is 11.0. The molecule has 0 aliphatic carbocycles. The van der Waals surface area contributed by atoms with Crippen LogP contribution in [0.5, 0.6) is 0 Å². The highest BCUT2D eigenvalue weighted by atomic mass is 32.2. The highest BCUT2D eigenvalue weighted by Gasteiger charge is 2.28. The quantitative estimate of drug-likeness (QED) is 0.901. The molecule has 1 aliphatic rings. The third-order valence-electron chi connectivity index (χ3n) is 3.34. The average Bonchev–Trinajstić information content (AvgIpc) is 2.79. The molecule has 92 valence electrons. The van der Waals surface area contributed by atoms with Crippen LogP contribution in [-0.4, -0.2) is 21.5 Å². The predicted molar refractivity (Wildman–Crippen MR) is 72.0 cm³/mol. The van der Waals surface area contributed by atoms with E-state index in [2.05, 4.69) is 9.97 Å². The molecule has 1 aliphatic heterocycles. The number of thioether (sulfide) groups is 1. The fourth-order valence-electron chi connectivity index (χ4n) is 2.26. The molecule has 2 aromatic rings. The lowest BCUT2D eigenvalue weighted by Crippen LogP contribution is -2.24. The number of nitrogens with one attached hydrogen (secondary N) is 1. The van der Waals surface area contributed by atoms with E-state index in [1.54, 1.807) is 18.1 Å². The van der Waals surface area contributed by atoms with Crippen molar-refractivity contribution in [3.05, 3.63) is 47.5 Å². The molecule has 0 amide bonds. The first-order valence-electron chi connectivity index (χ1n) is 6.00. The summed E-state index contributed by atoms with van der Waals surface area (Å²) in [7, 11) is 0. The van der Waals surface area contributed by atoms with Crippen molar-refractivity contribution in [2.45, 2.75) is 18.2 Å². The molecular formula is C14H14N2OS. The third-order valence-corrected chi connectivity index (χ3v) is 4.57. The lowest BCUT2D eigenvalue weighted by molar-refractivity contribution is 0.0925. The van der Waals surface area contributed by atoms with E-state index >= 15 is 0 Å². The van der Waals surface area contributed by atoms with Gasteiger partial charge in [-0.25, -0.2) is 4.98 Å². The normalized spacial score (nSPS) is 18.7. The number of benzene rings is 1. The van der Waals surface area contributed by atoms with Crippen LogP contribution in [-0.2, 0) is 6.42 Å². The van der Waals surface area contributed by atoms with Gasteiger partial charge in [0.15, 0.2) is 5.78 Å². The maximum Gasteiger partial charge on any atom is 0.168 e. The van der Waals surface area contributed by atoms with Gasteiger partial charge in [-0.15, -0.1) is 11.8 Å². The highest BCUT2D eigenvalue weighted by Crippen LogP contribution is 2.34. The topological polar surface area (TPSA) is 45.8 Å². The summed E-state index contributed by atoms with van der Waals surface area (Å²) in [4.78, 5) is 20.9. The maximum absolute atomic E-state index is 12.4. The van der Waals surface area contributed by atoms with Crippen molar-refractivity contribution < 1.29 is 4.79 Å². The third kappa shape index (κ3) is 1.97. The number of hydrogen-bond acceptors (Lipinski definition) is 3. The van der Waals surface area contributed by atoms with E-state index in [0.717, 1.165) is 34.0 Å². The van der Waals surface area contributed by atoms with Gasteiger partial charge in [-0.1, -0.05) is 18.2 Å². The van der Waals surface area contributed by atoms with E-state index in [9.17, 15) is 4.79 Å². The molecular weight excluding hydrogens is 244 g/mol. The minimum Gasteiger partial charge on any atom is -0.348 e. The summed E-state index contributed by atoms with van der Waals surface area (Å²) in [6.45, 7) is 2.00. The smallest absolute Gasteiger partial charge is 0.168 e. The number of imidazole rings is 1. The number of aryl methyl sites for hydroxylation is 1. The van der Waals surface area contributed by atoms with Gasteiger partial charge in [0.1, 0.15) is 0 Å². The molecule has 1 aromatic heterocycles. The second kappa shape index (κ2) is 4.61. The number of hydrogen-bond donors (Lipinski definition) is 1. The van der Waals surface area contributed by atoms with Crippen LogP contribution >= 0.6 is 11.8 Å². The van der Waals surface area contributed by atoms with Gasteiger partial charge in [0, 0.05) is 34.2 Å². The zero-order valence-electron chi connectivity index (χ0n) is 10.1. The van der Waals surface area contributed by atoms with Gasteiger partial charge in [0.05, 0.1) is 12.0 Å². The second-order valence-corrected chi connectivity index (χ2v) is 5.61. The Labute approximate surface area is 110 Å². The van der Waals surface area contributed by atoms with Crippen molar-refractivity contribution in [2.75, 3.05) is 5.75 Å². The zero-order chi connectivity index (χ0) is 12.5. The summed E-state index contributed by atoms with van der Waals surface area (Å²) in [5.41, 5.74) is 2.94. The molecule has 0 saturated carbocycles.